The summed E-state index contributed by atoms with van der Waals surface area (Å²) in [7, 11) is 0. The minimum absolute atomic E-state index is 0.536. The fraction of sp³-hybridized carbons (Fsp3) is 0.333. The minimum Gasteiger partial charge on any atom is -0.490 e. The van der Waals surface area contributed by atoms with Gasteiger partial charge < -0.3 is 14.8 Å². The molecule has 6 heteroatoms. The molecule has 0 bridgehead atoms. The first-order valence-electron chi connectivity index (χ1n) is 7.82. The van der Waals surface area contributed by atoms with Crippen LogP contribution < -0.4 is 14.8 Å². The number of ether oxygens (including phenoxy) is 2. The number of anilines is 1. The van der Waals surface area contributed by atoms with Gasteiger partial charge in [0.15, 0.2) is 11.5 Å². The lowest BCUT2D eigenvalue weighted by Gasteiger charge is -2.16. The first kappa shape index (κ1) is 19.0. The lowest BCUT2D eigenvalue weighted by molar-refractivity contribution is 0.277. The molecule has 0 aliphatic heterocycles. The molecule has 0 radical (unpaired) electrons. The summed E-state index contributed by atoms with van der Waals surface area (Å²) in [5.41, 5.74) is 1.78. The molecule has 24 heavy (non-hydrogen) atoms. The van der Waals surface area contributed by atoms with E-state index in [-0.39, 0.29) is 0 Å². The molecule has 0 saturated heterocycles. The van der Waals surface area contributed by atoms with Gasteiger partial charge in [-0.3, -0.25) is 0 Å². The number of nitrogens with one attached hydrogen (secondary N) is 1. The summed E-state index contributed by atoms with van der Waals surface area (Å²) in [5.74, 6) is 1.24. The molecule has 2 rings (SSSR count). The Morgan fingerprint density at radius 1 is 0.958 bits per heavy atom. The highest BCUT2D eigenvalue weighted by atomic mass is 35.5. The summed E-state index contributed by atoms with van der Waals surface area (Å²) >= 11 is 18.4. The van der Waals surface area contributed by atoms with Crippen LogP contribution in [0, 0.1) is 0 Å². The summed E-state index contributed by atoms with van der Waals surface area (Å²) < 4.78 is 11.4. The van der Waals surface area contributed by atoms with E-state index in [1.807, 2.05) is 32.0 Å². The van der Waals surface area contributed by atoms with Crippen molar-refractivity contribution in [3.8, 4) is 11.5 Å². The van der Waals surface area contributed by atoms with Crippen molar-refractivity contribution in [3.05, 3.63) is 51.0 Å². The standard InChI is InChI=1S/C18H20Cl3NO2/c1-3-7-24-18-15(21)8-12(9-17(18)23-4-2)11-22-16-6-5-13(19)10-14(16)20/h5-6,8-10,22H,3-4,7,11H2,1-2H3. The minimum atomic E-state index is 0.536. The molecular weight excluding hydrogens is 369 g/mol. The van der Waals surface area contributed by atoms with Crippen LogP contribution in [-0.2, 0) is 6.54 Å². The van der Waals surface area contributed by atoms with E-state index in [0.717, 1.165) is 17.7 Å². The number of hydrogen-bond donors (Lipinski definition) is 1. The third-order valence-electron chi connectivity index (χ3n) is 3.23. The quantitative estimate of drug-likeness (QED) is 0.564. The Kier molecular flexibility index (Phi) is 7.35. The smallest absolute Gasteiger partial charge is 0.179 e. The maximum Gasteiger partial charge on any atom is 0.179 e. The lowest BCUT2D eigenvalue weighted by Crippen LogP contribution is -2.04. The molecule has 3 nitrogen and oxygen atoms in total. The van der Waals surface area contributed by atoms with E-state index in [1.165, 1.54) is 0 Å². The summed E-state index contributed by atoms with van der Waals surface area (Å²) in [6.07, 6.45) is 0.903. The van der Waals surface area contributed by atoms with Gasteiger partial charge in [-0.2, -0.15) is 0 Å². The second-order valence-electron chi connectivity index (χ2n) is 5.16. The number of halogens is 3. The zero-order valence-electron chi connectivity index (χ0n) is 13.7. The van der Waals surface area contributed by atoms with E-state index in [9.17, 15) is 0 Å². The van der Waals surface area contributed by atoms with E-state index in [4.69, 9.17) is 44.3 Å². The predicted molar refractivity (Wildman–Crippen MR) is 102 cm³/mol. The van der Waals surface area contributed by atoms with Crippen LogP contribution in [0.3, 0.4) is 0 Å². The fourth-order valence-corrected chi connectivity index (χ4v) is 2.92. The second-order valence-corrected chi connectivity index (χ2v) is 6.41. The summed E-state index contributed by atoms with van der Waals surface area (Å²) in [6.45, 7) is 5.66. The van der Waals surface area contributed by atoms with Gasteiger partial charge >= 0.3 is 0 Å². The van der Waals surface area contributed by atoms with Gasteiger partial charge in [-0.05, 0) is 49.2 Å². The lowest BCUT2D eigenvalue weighted by atomic mass is 10.2. The van der Waals surface area contributed by atoms with Gasteiger partial charge in [0.05, 0.1) is 28.9 Å². The van der Waals surface area contributed by atoms with Crippen molar-refractivity contribution in [2.24, 2.45) is 0 Å². The first-order valence-corrected chi connectivity index (χ1v) is 8.95. The number of rotatable bonds is 8. The van der Waals surface area contributed by atoms with Crippen LogP contribution in [0.5, 0.6) is 11.5 Å². The predicted octanol–water partition coefficient (Wildman–Crippen LogP) is 6.45. The average Bonchev–Trinajstić information content (AvgIpc) is 2.53. The van der Waals surface area contributed by atoms with Crippen molar-refractivity contribution in [2.45, 2.75) is 26.8 Å². The van der Waals surface area contributed by atoms with Gasteiger partial charge in [0.1, 0.15) is 0 Å². The highest BCUT2D eigenvalue weighted by molar-refractivity contribution is 6.36. The van der Waals surface area contributed by atoms with Crippen molar-refractivity contribution >= 4 is 40.5 Å². The molecule has 0 aliphatic carbocycles. The SMILES string of the molecule is CCCOc1c(Cl)cc(CNc2ccc(Cl)cc2Cl)cc1OCC. The van der Waals surface area contributed by atoms with Gasteiger partial charge in [-0.1, -0.05) is 41.7 Å². The maximum absolute atomic E-state index is 6.36. The average molecular weight is 389 g/mol. The Labute approximate surface area is 157 Å². The molecule has 0 amide bonds. The molecule has 0 spiro atoms. The Hall–Kier alpha value is -1.29. The Bertz CT molecular complexity index is 692. The molecule has 0 fully saturated rings. The number of hydrogen-bond acceptors (Lipinski definition) is 3. The highest BCUT2D eigenvalue weighted by Gasteiger charge is 2.13. The molecular formula is C18H20Cl3NO2. The van der Waals surface area contributed by atoms with E-state index in [1.54, 1.807) is 12.1 Å². The van der Waals surface area contributed by atoms with Crippen LogP contribution in [0.4, 0.5) is 5.69 Å². The van der Waals surface area contributed by atoms with Crippen molar-refractivity contribution in [1.82, 2.24) is 0 Å². The monoisotopic (exact) mass is 387 g/mol. The third kappa shape index (κ3) is 5.10. The fourth-order valence-electron chi connectivity index (χ4n) is 2.16. The zero-order valence-corrected chi connectivity index (χ0v) is 15.9. The van der Waals surface area contributed by atoms with Gasteiger partial charge in [-0.15, -0.1) is 0 Å². The van der Waals surface area contributed by atoms with Crippen LogP contribution in [0.25, 0.3) is 0 Å². The molecule has 0 atom stereocenters. The molecule has 0 heterocycles. The first-order chi connectivity index (χ1) is 11.5. The van der Waals surface area contributed by atoms with E-state index >= 15 is 0 Å². The van der Waals surface area contributed by atoms with Crippen LogP contribution in [0.1, 0.15) is 25.8 Å². The molecule has 0 aliphatic rings. The normalized spacial score (nSPS) is 10.5. The van der Waals surface area contributed by atoms with E-state index in [2.05, 4.69) is 5.32 Å². The van der Waals surface area contributed by atoms with Crippen LogP contribution in [0.2, 0.25) is 15.1 Å². The molecule has 0 unspecified atom stereocenters. The van der Waals surface area contributed by atoms with Gasteiger partial charge in [0.25, 0.3) is 0 Å². The zero-order chi connectivity index (χ0) is 17.5. The molecule has 1 N–H and O–H groups in total. The molecule has 130 valence electrons. The Balaban J connectivity index is 2.17. The molecule has 2 aromatic rings. The summed E-state index contributed by atoms with van der Waals surface area (Å²) in [4.78, 5) is 0. The largest absolute Gasteiger partial charge is 0.490 e. The Morgan fingerprint density at radius 3 is 2.42 bits per heavy atom. The van der Waals surface area contributed by atoms with Crippen molar-refractivity contribution in [3.63, 3.8) is 0 Å². The second kappa shape index (κ2) is 9.26. The highest BCUT2D eigenvalue weighted by Crippen LogP contribution is 2.37. The van der Waals surface area contributed by atoms with E-state index < -0.39 is 0 Å². The molecule has 2 aromatic carbocycles. The Morgan fingerprint density at radius 2 is 1.75 bits per heavy atom. The van der Waals surface area contributed by atoms with Crippen LogP contribution in [0.15, 0.2) is 30.3 Å². The van der Waals surface area contributed by atoms with Crippen molar-refractivity contribution in [2.75, 3.05) is 18.5 Å². The summed E-state index contributed by atoms with van der Waals surface area (Å²) in [5, 5.41) is 4.98. The van der Waals surface area contributed by atoms with E-state index in [0.29, 0.717) is 46.3 Å². The van der Waals surface area contributed by atoms with Crippen molar-refractivity contribution in [1.29, 1.82) is 0 Å². The molecule has 0 aromatic heterocycles. The van der Waals surface area contributed by atoms with Gasteiger partial charge in [0.2, 0.25) is 0 Å². The maximum atomic E-state index is 6.36. The van der Waals surface area contributed by atoms with Crippen LogP contribution in [-0.4, -0.2) is 13.2 Å². The topological polar surface area (TPSA) is 30.5 Å². The van der Waals surface area contributed by atoms with Gasteiger partial charge in [-0.25, -0.2) is 0 Å². The van der Waals surface area contributed by atoms with Gasteiger partial charge in [0, 0.05) is 11.6 Å². The summed E-state index contributed by atoms with van der Waals surface area (Å²) in [6, 6.07) is 9.12. The number of benzene rings is 2. The van der Waals surface area contributed by atoms with Crippen LogP contribution >= 0.6 is 34.8 Å². The molecule has 0 saturated carbocycles. The van der Waals surface area contributed by atoms with Crippen molar-refractivity contribution < 1.29 is 9.47 Å². The third-order valence-corrected chi connectivity index (χ3v) is 4.06.